The molecule has 36 heavy (non-hydrogen) atoms. The van der Waals surface area contributed by atoms with E-state index in [2.05, 4.69) is 20.3 Å². The first-order valence-electron chi connectivity index (χ1n) is 11.4. The lowest BCUT2D eigenvalue weighted by Gasteiger charge is -2.15. The van der Waals surface area contributed by atoms with Crippen LogP contribution in [0, 0.1) is 24.1 Å². The van der Waals surface area contributed by atoms with E-state index >= 15 is 0 Å². The number of pyridine rings is 1. The van der Waals surface area contributed by atoms with Crippen LogP contribution in [0.25, 0.3) is 0 Å². The number of nitrogens with zero attached hydrogens (tertiary/aromatic N) is 3. The predicted octanol–water partition coefficient (Wildman–Crippen LogP) is 6.04. The Hall–Kier alpha value is -4.53. The summed E-state index contributed by atoms with van der Waals surface area (Å²) in [4.78, 5) is 12.5. The molecule has 0 amide bonds. The summed E-state index contributed by atoms with van der Waals surface area (Å²) >= 11 is 0. The molecule has 0 radical (unpaired) electrons. The van der Waals surface area contributed by atoms with E-state index in [4.69, 9.17) is 20.6 Å². The Kier molecular flexibility index (Phi) is 7.39. The quantitative estimate of drug-likeness (QED) is 0.247. The minimum absolute atomic E-state index is 0.0238. The Balaban J connectivity index is 1.45. The van der Waals surface area contributed by atoms with Crippen LogP contribution < -0.4 is 20.5 Å². The summed E-state index contributed by atoms with van der Waals surface area (Å²) in [6, 6.07) is 15.1. The van der Waals surface area contributed by atoms with Gasteiger partial charge in [-0.1, -0.05) is 19.9 Å². The lowest BCUT2D eigenvalue weighted by atomic mass is 10.0. The third kappa shape index (κ3) is 6.12. The van der Waals surface area contributed by atoms with Gasteiger partial charge in [0.15, 0.2) is 5.82 Å². The van der Waals surface area contributed by atoms with E-state index in [9.17, 15) is 4.39 Å². The number of hydrogen-bond acceptors (Lipinski definition) is 8. The van der Waals surface area contributed by atoms with Gasteiger partial charge in [0.05, 0.1) is 5.71 Å². The van der Waals surface area contributed by atoms with Crippen molar-refractivity contribution in [1.29, 1.82) is 5.41 Å². The van der Waals surface area contributed by atoms with Gasteiger partial charge in [-0.25, -0.2) is 14.4 Å². The third-order valence-corrected chi connectivity index (χ3v) is 5.29. The van der Waals surface area contributed by atoms with E-state index in [0.29, 0.717) is 40.0 Å². The summed E-state index contributed by atoms with van der Waals surface area (Å²) in [5, 5.41) is 11.5. The highest BCUT2D eigenvalue weighted by molar-refractivity contribution is 6.04. The molecule has 184 valence electrons. The summed E-state index contributed by atoms with van der Waals surface area (Å²) in [6.45, 7) is 6.00. The van der Waals surface area contributed by atoms with Crippen molar-refractivity contribution in [2.45, 2.75) is 27.4 Å². The molecule has 0 bridgehead atoms. The van der Waals surface area contributed by atoms with E-state index in [0.717, 1.165) is 11.3 Å². The number of halogens is 1. The van der Waals surface area contributed by atoms with E-state index < -0.39 is 5.82 Å². The van der Waals surface area contributed by atoms with Gasteiger partial charge in [-0.15, -0.1) is 0 Å². The van der Waals surface area contributed by atoms with Crippen LogP contribution in [-0.4, -0.2) is 20.7 Å². The molecule has 4 aromatic rings. The number of hydrogen-bond donors (Lipinski definition) is 3. The smallest absolute Gasteiger partial charge is 0.151 e. The number of nitrogen functional groups attached to an aromatic ring is 1. The Bertz CT molecular complexity index is 1360. The first kappa shape index (κ1) is 24.6. The minimum Gasteiger partial charge on any atom is -0.489 e. The molecule has 9 heteroatoms. The standard InChI is InChI=1S/C27H27FN6O2/c1-16(2)24(29)25-26(27(30)33-15-32-25)34-20-6-8-21(9-7-20)36-23-11-19(28)10-22(12-23)35-14-18-5-4-17(3)31-13-18/h4-13,15-16,29,34H,14H2,1-3H3,(H2,30,32,33). The normalized spacial score (nSPS) is 10.8. The molecule has 0 aliphatic heterocycles. The number of nitrogens with one attached hydrogen (secondary N) is 2. The second kappa shape index (κ2) is 10.8. The van der Waals surface area contributed by atoms with Crippen LogP contribution in [-0.2, 0) is 6.61 Å². The second-order valence-corrected chi connectivity index (χ2v) is 8.52. The molecular weight excluding hydrogens is 459 g/mol. The first-order valence-corrected chi connectivity index (χ1v) is 11.4. The topological polar surface area (TPSA) is 119 Å². The highest BCUT2D eigenvalue weighted by Crippen LogP contribution is 2.30. The fourth-order valence-corrected chi connectivity index (χ4v) is 3.32. The van der Waals surface area contributed by atoms with Crippen molar-refractivity contribution < 1.29 is 13.9 Å². The lowest BCUT2D eigenvalue weighted by Crippen LogP contribution is -2.14. The highest BCUT2D eigenvalue weighted by Gasteiger charge is 2.16. The second-order valence-electron chi connectivity index (χ2n) is 8.52. The molecule has 0 spiro atoms. The third-order valence-electron chi connectivity index (χ3n) is 5.29. The summed E-state index contributed by atoms with van der Waals surface area (Å²) in [6.07, 6.45) is 3.07. The molecule has 2 aromatic carbocycles. The SMILES string of the molecule is Cc1ccc(COc2cc(F)cc(Oc3ccc(Nc4c(N)ncnc4C(=N)C(C)C)cc3)c2)cn1. The van der Waals surface area contributed by atoms with Crippen molar-refractivity contribution in [1.82, 2.24) is 15.0 Å². The average Bonchev–Trinajstić information content (AvgIpc) is 2.85. The number of aromatic nitrogens is 3. The van der Waals surface area contributed by atoms with Gasteiger partial charge < -0.3 is 25.9 Å². The molecule has 2 aromatic heterocycles. The maximum Gasteiger partial charge on any atom is 0.151 e. The van der Waals surface area contributed by atoms with Crippen LogP contribution in [0.1, 0.15) is 30.8 Å². The van der Waals surface area contributed by atoms with E-state index in [-0.39, 0.29) is 18.3 Å². The molecule has 0 saturated carbocycles. The summed E-state index contributed by atoms with van der Waals surface area (Å²) in [5.74, 6) is 0.920. The van der Waals surface area contributed by atoms with Crippen molar-refractivity contribution >= 4 is 22.9 Å². The Morgan fingerprint density at radius 2 is 1.75 bits per heavy atom. The maximum atomic E-state index is 14.2. The van der Waals surface area contributed by atoms with Gasteiger partial charge in [0.1, 0.15) is 47.4 Å². The summed E-state index contributed by atoms with van der Waals surface area (Å²) in [5.41, 5.74) is 9.83. The largest absolute Gasteiger partial charge is 0.489 e. The lowest BCUT2D eigenvalue weighted by molar-refractivity contribution is 0.302. The number of rotatable bonds is 9. The molecule has 0 aliphatic carbocycles. The van der Waals surface area contributed by atoms with Crippen LogP contribution in [0.3, 0.4) is 0 Å². The molecule has 0 unspecified atom stereocenters. The van der Waals surface area contributed by atoms with E-state index in [1.54, 1.807) is 36.5 Å². The van der Waals surface area contributed by atoms with E-state index in [1.165, 1.54) is 18.5 Å². The zero-order chi connectivity index (χ0) is 25.7. The van der Waals surface area contributed by atoms with Crippen molar-refractivity contribution in [3.05, 3.63) is 89.9 Å². The molecule has 4 rings (SSSR count). The molecule has 8 nitrogen and oxygen atoms in total. The first-order chi connectivity index (χ1) is 17.3. The molecule has 4 N–H and O–H groups in total. The Labute approximate surface area is 208 Å². The molecule has 2 heterocycles. The van der Waals surface area contributed by atoms with Crippen molar-refractivity contribution in [3.8, 4) is 17.2 Å². The van der Waals surface area contributed by atoms with Gasteiger partial charge in [0, 0.05) is 41.3 Å². The number of nitrogens with two attached hydrogens (primary N) is 1. The maximum absolute atomic E-state index is 14.2. The molecule has 0 atom stereocenters. The fraction of sp³-hybridized carbons (Fsp3) is 0.185. The van der Waals surface area contributed by atoms with Crippen LogP contribution >= 0.6 is 0 Å². The van der Waals surface area contributed by atoms with Crippen LogP contribution in [0.15, 0.2) is 67.1 Å². The minimum atomic E-state index is -0.470. The van der Waals surface area contributed by atoms with Gasteiger partial charge in [0.25, 0.3) is 0 Å². The van der Waals surface area contributed by atoms with Crippen LogP contribution in [0.5, 0.6) is 17.2 Å². The molecule has 0 fully saturated rings. The van der Waals surface area contributed by atoms with Gasteiger partial charge >= 0.3 is 0 Å². The van der Waals surface area contributed by atoms with Gasteiger partial charge in [0.2, 0.25) is 0 Å². The van der Waals surface area contributed by atoms with Crippen molar-refractivity contribution in [2.24, 2.45) is 5.92 Å². The van der Waals surface area contributed by atoms with E-state index in [1.807, 2.05) is 32.9 Å². The molecular formula is C27H27FN6O2. The molecule has 0 saturated heterocycles. The van der Waals surface area contributed by atoms with Gasteiger partial charge in [-0.05, 0) is 43.2 Å². The number of anilines is 3. The fourth-order valence-electron chi connectivity index (χ4n) is 3.32. The summed E-state index contributed by atoms with van der Waals surface area (Å²) in [7, 11) is 0. The van der Waals surface area contributed by atoms with Crippen LogP contribution in [0.2, 0.25) is 0 Å². The van der Waals surface area contributed by atoms with Crippen molar-refractivity contribution in [3.63, 3.8) is 0 Å². The zero-order valence-electron chi connectivity index (χ0n) is 20.2. The summed E-state index contributed by atoms with van der Waals surface area (Å²) < 4.78 is 25.8. The Morgan fingerprint density at radius 3 is 2.44 bits per heavy atom. The number of ether oxygens (including phenoxy) is 2. The van der Waals surface area contributed by atoms with Gasteiger partial charge in [-0.3, -0.25) is 4.98 Å². The zero-order valence-corrected chi connectivity index (χ0v) is 20.2. The monoisotopic (exact) mass is 486 g/mol. The average molecular weight is 487 g/mol. The highest BCUT2D eigenvalue weighted by atomic mass is 19.1. The number of benzene rings is 2. The molecule has 0 aliphatic rings. The Morgan fingerprint density at radius 1 is 1.00 bits per heavy atom. The van der Waals surface area contributed by atoms with Crippen LogP contribution in [0.4, 0.5) is 21.6 Å². The number of aryl methyl sites for hydroxylation is 1. The van der Waals surface area contributed by atoms with Crippen molar-refractivity contribution in [2.75, 3.05) is 11.1 Å². The predicted molar refractivity (Wildman–Crippen MR) is 138 cm³/mol. The van der Waals surface area contributed by atoms with Gasteiger partial charge in [-0.2, -0.15) is 0 Å².